The van der Waals surface area contributed by atoms with Crippen molar-refractivity contribution in [1.29, 1.82) is 0 Å². The fourth-order valence-electron chi connectivity index (χ4n) is 5.10. The highest BCUT2D eigenvalue weighted by Crippen LogP contribution is 2.25. The van der Waals surface area contributed by atoms with Gasteiger partial charge < -0.3 is 10.1 Å². The number of hydrazine groups is 1. The Balaban J connectivity index is 1.80. The number of amides is 2. The Hall–Kier alpha value is -3.86. The number of cyclic esters (lactones) is 1. The number of benzene rings is 1. The molecule has 2 aliphatic heterocycles. The minimum Gasteiger partial charge on any atom is -0.453 e. The lowest BCUT2D eigenvalue weighted by atomic mass is 9.86. The van der Waals surface area contributed by atoms with Gasteiger partial charge in [0.15, 0.2) is 11.9 Å². The predicted molar refractivity (Wildman–Crippen MR) is 162 cm³/mol. The number of esters is 1. The molecule has 1 unspecified atom stereocenters. The van der Waals surface area contributed by atoms with Crippen LogP contribution in [0.2, 0.25) is 0 Å². The molecule has 226 valence electrons. The van der Waals surface area contributed by atoms with Crippen molar-refractivity contribution in [2.45, 2.75) is 85.5 Å². The summed E-state index contributed by atoms with van der Waals surface area (Å²) in [6.45, 7) is 13.4. The lowest BCUT2D eigenvalue weighted by Gasteiger charge is -2.35. The van der Waals surface area contributed by atoms with Gasteiger partial charge in [0, 0.05) is 24.7 Å². The number of hydrogen-bond acceptors (Lipinski definition) is 8. The molecule has 0 saturated carbocycles. The third-order valence-corrected chi connectivity index (χ3v) is 8.12. The van der Waals surface area contributed by atoms with E-state index in [4.69, 9.17) is 14.7 Å². The van der Waals surface area contributed by atoms with Crippen LogP contribution in [0.25, 0.3) is 17.0 Å². The van der Waals surface area contributed by atoms with Crippen LogP contribution in [0, 0.1) is 11.3 Å². The lowest BCUT2D eigenvalue weighted by molar-refractivity contribution is -0.157. The topological polar surface area (TPSA) is 135 Å². The largest absolute Gasteiger partial charge is 0.453 e. The highest BCUT2D eigenvalue weighted by atomic mass is 16.5. The quantitative estimate of drug-likeness (QED) is 0.497. The van der Waals surface area contributed by atoms with E-state index in [1.807, 2.05) is 58.9 Å². The molecule has 1 aromatic heterocycles. The maximum atomic E-state index is 13.3. The molecule has 42 heavy (non-hydrogen) atoms. The van der Waals surface area contributed by atoms with Crippen molar-refractivity contribution < 1.29 is 19.1 Å². The zero-order chi connectivity index (χ0) is 30.9. The highest BCUT2D eigenvalue weighted by molar-refractivity contribution is 5.95. The van der Waals surface area contributed by atoms with Crippen LogP contribution < -0.4 is 16.3 Å². The third-order valence-electron chi connectivity index (χ3n) is 8.12. The van der Waals surface area contributed by atoms with Gasteiger partial charge in [-0.1, -0.05) is 45.9 Å². The van der Waals surface area contributed by atoms with Crippen molar-refractivity contribution in [3.8, 4) is 0 Å². The number of nitrogens with one attached hydrogen (secondary N) is 2. The maximum absolute atomic E-state index is 13.3. The van der Waals surface area contributed by atoms with E-state index in [0.29, 0.717) is 36.1 Å². The molecule has 0 spiro atoms. The van der Waals surface area contributed by atoms with E-state index < -0.39 is 35.6 Å². The minimum absolute atomic E-state index is 0.110. The summed E-state index contributed by atoms with van der Waals surface area (Å²) in [6, 6.07) is 3.12. The third kappa shape index (κ3) is 6.46. The first-order chi connectivity index (χ1) is 19.7. The Morgan fingerprint density at radius 3 is 2.52 bits per heavy atom. The minimum atomic E-state index is -0.839. The van der Waals surface area contributed by atoms with Crippen LogP contribution in [0.3, 0.4) is 0 Å². The maximum Gasteiger partial charge on any atom is 0.325 e. The fourth-order valence-corrected chi connectivity index (χ4v) is 5.10. The van der Waals surface area contributed by atoms with Crippen molar-refractivity contribution >= 4 is 40.5 Å². The van der Waals surface area contributed by atoms with Gasteiger partial charge in [-0.05, 0) is 57.2 Å². The number of aromatic nitrogens is 2. The van der Waals surface area contributed by atoms with Crippen molar-refractivity contribution in [2.24, 2.45) is 23.4 Å². The number of carbonyl (C=O) groups excluding carboxylic acids is 3. The van der Waals surface area contributed by atoms with E-state index in [1.165, 1.54) is 9.58 Å². The first kappa shape index (κ1) is 31.1. The zero-order valence-electron chi connectivity index (χ0n) is 25.7. The second kappa shape index (κ2) is 12.2. The van der Waals surface area contributed by atoms with E-state index in [9.17, 15) is 19.2 Å². The predicted octanol–water partition coefficient (Wildman–Crippen LogP) is 3.08. The summed E-state index contributed by atoms with van der Waals surface area (Å²) in [4.78, 5) is 62.5. The summed E-state index contributed by atoms with van der Waals surface area (Å²) in [5, 5.41) is 4.65. The number of nitrogens with zero attached hydrogens (tertiary/aromatic N) is 4. The number of fused-ring (bicyclic) bond motifs is 4. The van der Waals surface area contributed by atoms with Crippen molar-refractivity contribution in [2.75, 3.05) is 6.54 Å². The fraction of sp³-hybridized carbons (Fsp3) is 0.548. The van der Waals surface area contributed by atoms with E-state index in [0.717, 1.165) is 11.3 Å². The summed E-state index contributed by atoms with van der Waals surface area (Å²) >= 11 is 0. The second-order valence-electron chi connectivity index (χ2n) is 12.2. The van der Waals surface area contributed by atoms with Crippen LogP contribution in [0.4, 0.5) is 0 Å². The Bertz CT molecular complexity index is 1510. The number of rotatable bonds is 1. The van der Waals surface area contributed by atoms with Crippen molar-refractivity contribution in [3.05, 3.63) is 46.0 Å². The summed E-state index contributed by atoms with van der Waals surface area (Å²) in [5.41, 5.74) is 4.32. The van der Waals surface area contributed by atoms with Crippen molar-refractivity contribution in [3.63, 3.8) is 0 Å². The Labute approximate surface area is 246 Å². The Kier molecular flexibility index (Phi) is 9.01. The van der Waals surface area contributed by atoms with E-state index >= 15 is 0 Å². The number of allylic oxidation sites excluding steroid dienone is 1. The molecule has 3 heterocycles. The van der Waals surface area contributed by atoms with Gasteiger partial charge in [-0.3, -0.25) is 33.7 Å². The summed E-state index contributed by atoms with van der Waals surface area (Å²) in [6.07, 6.45) is 4.17. The van der Waals surface area contributed by atoms with Crippen LogP contribution in [0.5, 0.6) is 0 Å². The zero-order valence-corrected chi connectivity index (χ0v) is 25.7. The molecule has 0 aliphatic carbocycles. The first-order valence-corrected chi connectivity index (χ1v) is 14.5. The van der Waals surface area contributed by atoms with Gasteiger partial charge >= 0.3 is 5.97 Å². The van der Waals surface area contributed by atoms with Crippen LogP contribution >= 0.6 is 0 Å². The molecule has 2 aromatic rings. The number of carbonyl (C=O) groups is 3. The normalized spacial score (nSPS) is 25.8. The standard InChI is InChI=1S/C31H42N6O5/c1-17(2)25-27(38)32-18(3)28(39)37-15-9-10-23(35-37)30(41)42-19(4)26-34-24-16-21(11-12-22(24)29(40)36(26)8)13-14-31(6,7)20(5)33-25/h11-14,16-19,23,25,35H,9-10,15H2,1-8H3,(H,32,38)/t18-,19+,23?,25-/m0/s1. The molecule has 0 radical (unpaired) electrons. The molecule has 2 aliphatic rings. The molecule has 4 rings (SSSR count). The number of aliphatic imine (C=N–C) groups is 1. The van der Waals surface area contributed by atoms with Gasteiger partial charge in [0.05, 0.1) is 10.9 Å². The van der Waals surface area contributed by atoms with Gasteiger partial charge in [0.25, 0.3) is 11.5 Å². The monoisotopic (exact) mass is 578 g/mol. The first-order valence-electron chi connectivity index (χ1n) is 14.5. The van der Waals surface area contributed by atoms with Crippen LogP contribution in [-0.4, -0.2) is 62.7 Å². The van der Waals surface area contributed by atoms with Gasteiger partial charge in [0.2, 0.25) is 5.91 Å². The molecule has 11 nitrogen and oxygen atoms in total. The molecule has 4 atom stereocenters. The Morgan fingerprint density at radius 1 is 1.12 bits per heavy atom. The van der Waals surface area contributed by atoms with Gasteiger partial charge in [-0.25, -0.2) is 10.4 Å². The number of ether oxygens (including phenoxy) is 1. The molecule has 5 bridgehead atoms. The van der Waals surface area contributed by atoms with E-state index in [2.05, 4.69) is 10.7 Å². The van der Waals surface area contributed by atoms with E-state index in [-0.39, 0.29) is 23.3 Å². The van der Waals surface area contributed by atoms with Gasteiger partial charge in [-0.2, -0.15) is 0 Å². The molecule has 1 aromatic carbocycles. The Morgan fingerprint density at radius 2 is 1.83 bits per heavy atom. The van der Waals surface area contributed by atoms with Crippen LogP contribution in [0.15, 0.2) is 34.1 Å². The molecule has 1 saturated heterocycles. The molecular weight excluding hydrogens is 536 g/mol. The summed E-state index contributed by atoms with van der Waals surface area (Å²) in [7, 11) is 1.60. The molecule has 2 amide bonds. The average molecular weight is 579 g/mol. The average Bonchev–Trinajstić information content (AvgIpc) is 2.95. The van der Waals surface area contributed by atoms with Crippen LogP contribution in [0.1, 0.15) is 78.8 Å². The highest BCUT2D eigenvalue weighted by Gasteiger charge is 2.34. The van der Waals surface area contributed by atoms with E-state index in [1.54, 1.807) is 27.0 Å². The lowest BCUT2D eigenvalue weighted by Crippen LogP contribution is -2.60. The summed E-state index contributed by atoms with van der Waals surface area (Å²) < 4.78 is 7.15. The van der Waals surface area contributed by atoms with Gasteiger partial charge in [-0.15, -0.1) is 0 Å². The second-order valence-corrected chi connectivity index (χ2v) is 12.2. The molecular formula is C31H42N6O5. The smallest absolute Gasteiger partial charge is 0.325 e. The summed E-state index contributed by atoms with van der Waals surface area (Å²) in [5.74, 6) is -1.05. The molecule has 1 fully saturated rings. The number of hydrogen-bond donors (Lipinski definition) is 2. The molecule has 11 heteroatoms. The van der Waals surface area contributed by atoms with Crippen molar-refractivity contribution in [1.82, 2.24) is 25.3 Å². The van der Waals surface area contributed by atoms with Gasteiger partial charge in [0.1, 0.15) is 18.1 Å². The SMILES string of the molecule is CC1=N[C@@H](C(C)C)C(=O)N[C@@H](C)C(=O)N2CCCC(N2)C(=O)O[C@H](C)c2nc3cc(ccc3c(=O)n2C)C=CC1(C)C. The van der Waals surface area contributed by atoms with Crippen LogP contribution in [-0.2, 0) is 26.2 Å². The molecule has 2 N–H and O–H groups in total.